The summed E-state index contributed by atoms with van der Waals surface area (Å²) >= 11 is 0. The standard InChI is InChI=1S/C6H9F3N2O/c1-3-2-10-4(5(12)11-3)6(7,8)9/h3-4,10H,2H2,1H3,(H,11,12). The van der Waals surface area contributed by atoms with Crippen LogP contribution in [0.15, 0.2) is 0 Å². The smallest absolute Gasteiger partial charge is 0.351 e. The molecule has 70 valence electrons. The second-order valence-electron chi connectivity index (χ2n) is 2.79. The lowest BCUT2D eigenvalue weighted by atomic mass is 10.1. The molecule has 2 N–H and O–H groups in total. The number of nitrogens with one attached hydrogen (secondary N) is 2. The summed E-state index contributed by atoms with van der Waals surface area (Å²) in [6.45, 7) is 1.79. The van der Waals surface area contributed by atoms with Crippen LogP contribution in [0.5, 0.6) is 0 Å². The van der Waals surface area contributed by atoms with E-state index in [9.17, 15) is 18.0 Å². The van der Waals surface area contributed by atoms with Gasteiger partial charge in [-0.2, -0.15) is 13.2 Å². The van der Waals surface area contributed by atoms with Crippen LogP contribution < -0.4 is 10.6 Å². The van der Waals surface area contributed by atoms with Gasteiger partial charge in [0.05, 0.1) is 0 Å². The topological polar surface area (TPSA) is 41.1 Å². The van der Waals surface area contributed by atoms with E-state index < -0.39 is 18.1 Å². The van der Waals surface area contributed by atoms with Crippen LogP contribution in [-0.2, 0) is 4.79 Å². The highest BCUT2D eigenvalue weighted by Gasteiger charge is 2.46. The number of piperazine rings is 1. The molecule has 1 aliphatic heterocycles. The molecule has 0 radical (unpaired) electrons. The van der Waals surface area contributed by atoms with Crippen molar-refractivity contribution >= 4 is 5.91 Å². The molecule has 1 rings (SSSR count). The summed E-state index contributed by atoms with van der Waals surface area (Å²) in [7, 11) is 0. The largest absolute Gasteiger partial charge is 0.412 e. The van der Waals surface area contributed by atoms with E-state index in [2.05, 4.69) is 10.6 Å². The lowest BCUT2D eigenvalue weighted by Gasteiger charge is -2.29. The third kappa shape index (κ3) is 1.88. The van der Waals surface area contributed by atoms with E-state index in [4.69, 9.17) is 0 Å². The third-order valence-corrected chi connectivity index (χ3v) is 1.61. The Balaban J connectivity index is 2.63. The minimum atomic E-state index is -4.50. The Bertz CT molecular complexity index is 192. The van der Waals surface area contributed by atoms with Gasteiger partial charge in [0.15, 0.2) is 6.04 Å². The van der Waals surface area contributed by atoms with E-state index in [0.29, 0.717) is 0 Å². The quantitative estimate of drug-likeness (QED) is 0.554. The van der Waals surface area contributed by atoms with E-state index in [1.54, 1.807) is 6.92 Å². The first-order valence-corrected chi connectivity index (χ1v) is 3.51. The molecule has 1 amide bonds. The summed E-state index contributed by atoms with van der Waals surface area (Å²) in [5.41, 5.74) is 0. The molecular formula is C6H9F3N2O. The summed E-state index contributed by atoms with van der Waals surface area (Å²) in [5.74, 6) is -0.999. The fraction of sp³-hybridized carbons (Fsp3) is 0.833. The van der Waals surface area contributed by atoms with E-state index >= 15 is 0 Å². The molecule has 0 aromatic rings. The molecule has 3 nitrogen and oxygen atoms in total. The van der Waals surface area contributed by atoms with Gasteiger partial charge in [0, 0.05) is 12.6 Å². The molecule has 0 aromatic heterocycles. The molecule has 0 aliphatic carbocycles. The Kier molecular flexibility index (Phi) is 2.27. The van der Waals surface area contributed by atoms with Crippen molar-refractivity contribution < 1.29 is 18.0 Å². The number of hydrogen-bond donors (Lipinski definition) is 2. The zero-order chi connectivity index (χ0) is 9.35. The Morgan fingerprint density at radius 3 is 2.50 bits per heavy atom. The molecule has 6 heteroatoms. The highest BCUT2D eigenvalue weighted by molar-refractivity contribution is 5.83. The van der Waals surface area contributed by atoms with Gasteiger partial charge in [0.1, 0.15) is 0 Å². The van der Waals surface area contributed by atoms with Crippen molar-refractivity contribution in [1.82, 2.24) is 10.6 Å². The summed E-state index contributed by atoms with van der Waals surface area (Å²) in [6, 6.07) is -2.29. The van der Waals surface area contributed by atoms with Crippen LogP contribution in [0, 0.1) is 0 Å². The summed E-state index contributed by atoms with van der Waals surface area (Å²) in [5, 5.41) is 4.34. The molecule has 1 saturated heterocycles. The predicted molar refractivity (Wildman–Crippen MR) is 35.5 cm³/mol. The van der Waals surface area contributed by atoms with Crippen LogP contribution in [0.25, 0.3) is 0 Å². The maximum atomic E-state index is 12.0. The number of amides is 1. The number of alkyl halides is 3. The van der Waals surface area contributed by atoms with Crippen LogP contribution in [0.1, 0.15) is 6.92 Å². The zero-order valence-electron chi connectivity index (χ0n) is 6.40. The third-order valence-electron chi connectivity index (χ3n) is 1.61. The molecule has 12 heavy (non-hydrogen) atoms. The van der Waals surface area contributed by atoms with Crippen molar-refractivity contribution in [2.24, 2.45) is 0 Å². The first kappa shape index (κ1) is 9.31. The number of rotatable bonds is 0. The maximum absolute atomic E-state index is 12.0. The molecule has 1 fully saturated rings. The molecule has 0 spiro atoms. The Morgan fingerprint density at radius 1 is 1.50 bits per heavy atom. The van der Waals surface area contributed by atoms with Crippen molar-refractivity contribution in [3.05, 3.63) is 0 Å². The van der Waals surface area contributed by atoms with Crippen molar-refractivity contribution in [1.29, 1.82) is 0 Å². The average molecular weight is 182 g/mol. The SMILES string of the molecule is CC1CNC(C(F)(F)F)C(=O)N1. The molecule has 1 heterocycles. The minimum Gasteiger partial charge on any atom is -0.351 e. The van der Waals surface area contributed by atoms with E-state index in [-0.39, 0.29) is 12.6 Å². The van der Waals surface area contributed by atoms with Crippen LogP contribution in [0.4, 0.5) is 13.2 Å². The Hall–Kier alpha value is -0.780. The van der Waals surface area contributed by atoms with Crippen molar-refractivity contribution in [2.45, 2.75) is 25.2 Å². The van der Waals surface area contributed by atoms with Gasteiger partial charge in [0.25, 0.3) is 0 Å². The normalized spacial score (nSPS) is 31.5. The molecule has 0 bridgehead atoms. The predicted octanol–water partition coefficient (Wildman–Crippen LogP) is 0.0252. The molecule has 2 atom stereocenters. The first-order chi connectivity index (χ1) is 5.41. The number of carbonyl (C=O) groups is 1. The molecule has 2 unspecified atom stereocenters. The van der Waals surface area contributed by atoms with Crippen LogP contribution in [-0.4, -0.2) is 30.7 Å². The van der Waals surface area contributed by atoms with E-state index in [0.717, 1.165) is 0 Å². The molecule has 0 aromatic carbocycles. The van der Waals surface area contributed by atoms with Gasteiger partial charge in [-0.25, -0.2) is 0 Å². The maximum Gasteiger partial charge on any atom is 0.412 e. The Morgan fingerprint density at radius 2 is 2.08 bits per heavy atom. The van der Waals surface area contributed by atoms with Gasteiger partial charge in [0.2, 0.25) is 5.91 Å². The average Bonchev–Trinajstić information content (AvgIpc) is 1.83. The second-order valence-corrected chi connectivity index (χ2v) is 2.79. The number of carbonyl (C=O) groups excluding carboxylic acids is 1. The van der Waals surface area contributed by atoms with E-state index in [1.165, 1.54) is 0 Å². The van der Waals surface area contributed by atoms with Crippen molar-refractivity contribution in [3.63, 3.8) is 0 Å². The van der Waals surface area contributed by atoms with Crippen LogP contribution in [0.2, 0.25) is 0 Å². The highest BCUT2D eigenvalue weighted by atomic mass is 19.4. The zero-order valence-corrected chi connectivity index (χ0v) is 6.40. The van der Waals surface area contributed by atoms with Gasteiger partial charge in [-0.3, -0.25) is 10.1 Å². The number of halogens is 3. The first-order valence-electron chi connectivity index (χ1n) is 3.51. The lowest BCUT2D eigenvalue weighted by molar-refractivity contribution is -0.172. The lowest BCUT2D eigenvalue weighted by Crippen LogP contribution is -2.62. The van der Waals surface area contributed by atoms with Gasteiger partial charge in [-0.15, -0.1) is 0 Å². The molecule has 0 saturated carbocycles. The van der Waals surface area contributed by atoms with Crippen molar-refractivity contribution in [3.8, 4) is 0 Å². The number of hydrogen-bond acceptors (Lipinski definition) is 2. The van der Waals surface area contributed by atoms with E-state index in [1.807, 2.05) is 0 Å². The second kappa shape index (κ2) is 2.93. The van der Waals surface area contributed by atoms with Crippen LogP contribution >= 0.6 is 0 Å². The summed E-state index contributed by atoms with van der Waals surface area (Å²) < 4.78 is 36.0. The fourth-order valence-electron chi connectivity index (χ4n) is 1.03. The Labute approximate surface area is 67.3 Å². The van der Waals surface area contributed by atoms with Gasteiger partial charge in [-0.05, 0) is 6.92 Å². The molecule has 1 aliphatic rings. The summed E-state index contributed by atoms with van der Waals surface area (Å²) in [4.78, 5) is 10.8. The summed E-state index contributed by atoms with van der Waals surface area (Å²) in [6.07, 6.45) is -4.50. The molecular weight excluding hydrogens is 173 g/mol. The van der Waals surface area contributed by atoms with Gasteiger partial charge < -0.3 is 5.32 Å². The monoisotopic (exact) mass is 182 g/mol. The van der Waals surface area contributed by atoms with Gasteiger partial charge >= 0.3 is 6.18 Å². The highest BCUT2D eigenvalue weighted by Crippen LogP contribution is 2.21. The van der Waals surface area contributed by atoms with Crippen molar-refractivity contribution in [2.75, 3.05) is 6.54 Å². The fourth-order valence-corrected chi connectivity index (χ4v) is 1.03. The minimum absolute atomic E-state index is 0.149. The van der Waals surface area contributed by atoms with Crippen LogP contribution in [0.3, 0.4) is 0 Å². The van der Waals surface area contributed by atoms with Gasteiger partial charge in [-0.1, -0.05) is 0 Å².